The van der Waals surface area contributed by atoms with Crippen LogP contribution in [0.5, 0.6) is 5.75 Å². The van der Waals surface area contributed by atoms with Gasteiger partial charge in [0, 0.05) is 11.3 Å². The summed E-state index contributed by atoms with van der Waals surface area (Å²) in [6.07, 6.45) is -0.928. The number of hydrogen-bond acceptors (Lipinski definition) is 3. The lowest BCUT2D eigenvalue weighted by molar-refractivity contribution is -0.137. The van der Waals surface area contributed by atoms with Crippen LogP contribution in [0, 0.1) is 11.6 Å². The second-order valence-electron chi connectivity index (χ2n) is 7.52. The van der Waals surface area contributed by atoms with Crippen molar-refractivity contribution in [3.05, 3.63) is 64.2 Å². The van der Waals surface area contributed by atoms with Crippen LogP contribution >= 0.6 is 11.9 Å². The van der Waals surface area contributed by atoms with E-state index in [1.165, 1.54) is 24.1 Å². The molecule has 2 aliphatic carbocycles. The van der Waals surface area contributed by atoms with Gasteiger partial charge in [-0.2, -0.15) is 13.2 Å². The van der Waals surface area contributed by atoms with Gasteiger partial charge in [-0.15, -0.1) is 0 Å². The standard InChI is InChI=1S/C21H18F5NO2S/c22-14-6-13(21(24,25)26)7-15(8-14)29-10-12-5-19(23)18(9-17(12)11-1-2-11)20(28)27-30-16-3-4-16/h5-9,11,16H,1-4,10H2,(H,27,28). The van der Waals surface area contributed by atoms with Gasteiger partial charge in [-0.1, -0.05) is 0 Å². The van der Waals surface area contributed by atoms with Crippen LogP contribution in [0.25, 0.3) is 0 Å². The number of carbonyl (C=O) groups is 1. The Hall–Kier alpha value is -2.29. The Kier molecular flexibility index (Phi) is 5.65. The second-order valence-corrected chi connectivity index (χ2v) is 8.62. The van der Waals surface area contributed by atoms with Gasteiger partial charge in [-0.05, 0) is 78.9 Å². The lowest BCUT2D eigenvalue weighted by Crippen LogP contribution is -2.19. The molecule has 2 aromatic carbocycles. The minimum atomic E-state index is -4.71. The van der Waals surface area contributed by atoms with E-state index in [-0.39, 0.29) is 23.8 Å². The molecule has 0 spiro atoms. The summed E-state index contributed by atoms with van der Waals surface area (Å²) >= 11 is 1.28. The molecule has 0 bridgehead atoms. The highest BCUT2D eigenvalue weighted by Crippen LogP contribution is 2.43. The van der Waals surface area contributed by atoms with Gasteiger partial charge in [-0.3, -0.25) is 9.52 Å². The predicted molar refractivity (Wildman–Crippen MR) is 102 cm³/mol. The van der Waals surface area contributed by atoms with Crippen LogP contribution < -0.4 is 9.46 Å². The maximum Gasteiger partial charge on any atom is 0.416 e. The minimum absolute atomic E-state index is 0.0705. The third kappa shape index (κ3) is 5.06. The zero-order chi connectivity index (χ0) is 21.5. The number of rotatable bonds is 7. The van der Waals surface area contributed by atoms with E-state index in [9.17, 15) is 26.7 Å². The molecule has 0 saturated heterocycles. The second kappa shape index (κ2) is 8.09. The number of carbonyl (C=O) groups excluding carboxylic acids is 1. The molecule has 0 unspecified atom stereocenters. The summed E-state index contributed by atoms with van der Waals surface area (Å²) in [6.45, 7) is -0.234. The summed E-state index contributed by atoms with van der Waals surface area (Å²) in [5.41, 5.74) is -0.0742. The van der Waals surface area contributed by atoms with E-state index in [0.29, 0.717) is 22.9 Å². The third-order valence-electron chi connectivity index (χ3n) is 4.93. The molecule has 2 fully saturated rings. The highest BCUT2D eigenvalue weighted by Gasteiger charge is 2.32. The van der Waals surface area contributed by atoms with Crippen LogP contribution in [0.15, 0.2) is 30.3 Å². The van der Waals surface area contributed by atoms with Gasteiger partial charge in [0.05, 0.1) is 11.1 Å². The Balaban J connectivity index is 1.53. The number of ether oxygens (including phenoxy) is 1. The van der Waals surface area contributed by atoms with Crippen LogP contribution in [0.3, 0.4) is 0 Å². The van der Waals surface area contributed by atoms with Crippen molar-refractivity contribution in [1.82, 2.24) is 4.72 Å². The largest absolute Gasteiger partial charge is 0.489 e. The number of halogens is 5. The normalized spacial score (nSPS) is 16.4. The first-order chi connectivity index (χ1) is 14.2. The molecular formula is C21H18F5NO2S. The maximum absolute atomic E-state index is 14.6. The van der Waals surface area contributed by atoms with Crippen LogP contribution in [0.2, 0.25) is 0 Å². The van der Waals surface area contributed by atoms with E-state index in [2.05, 4.69) is 4.72 Å². The van der Waals surface area contributed by atoms with Gasteiger partial charge in [0.2, 0.25) is 0 Å². The van der Waals surface area contributed by atoms with Crippen molar-refractivity contribution in [1.29, 1.82) is 0 Å². The number of nitrogens with one attached hydrogen (secondary N) is 1. The van der Waals surface area contributed by atoms with E-state index < -0.39 is 29.3 Å². The van der Waals surface area contributed by atoms with Gasteiger partial charge in [0.15, 0.2) is 0 Å². The molecule has 1 N–H and O–H groups in total. The third-order valence-corrected chi connectivity index (χ3v) is 6.03. The number of hydrogen-bond donors (Lipinski definition) is 1. The van der Waals surface area contributed by atoms with Crippen molar-refractivity contribution in [3.63, 3.8) is 0 Å². The molecule has 2 aliphatic rings. The zero-order valence-electron chi connectivity index (χ0n) is 15.7. The average molecular weight is 443 g/mol. The number of benzene rings is 2. The summed E-state index contributed by atoms with van der Waals surface area (Å²) in [6, 6.07) is 4.59. The van der Waals surface area contributed by atoms with E-state index in [1.807, 2.05) is 0 Å². The monoisotopic (exact) mass is 443 g/mol. The van der Waals surface area contributed by atoms with Crippen molar-refractivity contribution in [2.75, 3.05) is 0 Å². The maximum atomic E-state index is 14.6. The smallest absolute Gasteiger partial charge is 0.416 e. The predicted octanol–water partition coefficient (Wildman–Crippen LogP) is 5.98. The summed E-state index contributed by atoms with van der Waals surface area (Å²) in [7, 11) is 0. The topological polar surface area (TPSA) is 38.3 Å². The van der Waals surface area contributed by atoms with Crippen LogP contribution in [-0.2, 0) is 12.8 Å². The Morgan fingerprint density at radius 1 is 1.07 bits per heavy atom. The minimum Gasteiger partial charge on any atom is -0.489 e. The van der Waals surface area contributed by atoms with Crippen LogP contribution in [0.4, 0.5) is 22.0 Å². The summed E-state index contributed by atoms with van der Waals surface area (Å²) in [4.78, 5) is 12.3. The van der Waals surface area contributed by atoms with Crippen molar-refractivity contribution in [2.24, 2.45) is 0 Å². The lowest BCUT2D eigenvalue weighted by atomic mass is 9.99. The molecule has 9 heteroatoms. The SMILES string of the molecule is O=C(NSC1CC1)c1cc(C2CC2)c(COc2cc(F)cc(C(F)(F)F)c2)cc1F. The van der Waals surface area contributed by atoms with E-state index in [4.69, 9.17) is 4.74 Å². The fourth-order valence-corrected chi connectivity index (χ4v) is 3.81. The Morgan fingerprint density at radius 2 is 1.80 bits per heavy atom. The van der Waals surface area contributed by atoms with Gasteiger partial charge < -0.3 is 4.74 Å². The molecule has 0 aliphatic heterocycles. The van der Waals surface area contributed by atoms with E-state index in [1.54, 1.807) is 0 Å². The van der Waals surface area contributed by atoms with Gasteiger partial charge in [-0.25, -0.2) is 8.78 Å². The highest BCUT2D eigenvalue weighted by atomic mass is 32.2. The molecule has 0 atom stereocenters. The van der Waals surface area contributed by atoms with Crippen LogP contribution in [0.1, 0.15) is 58.6 Å². The van der Waals surface area contributed by atoms with Crippen LogP contribution in [-0.4, -0.2) is 11.2 Å². The first kappa shape index (κ1) is 21.0. The summed E-state index contributed by atoms with van der Waals surface area (Å²) < 4.78 is 74.7. The molecule has 1 amide bonds. The fourth-order valence-electron chi connectivity index (χ4n) is 3.05. The molecule has 4 rings (SSSR count). The molecule has 0 heterocycles. The lowest BCUT2D eigenvalue weighted by Gasteiger charge is -2.15. The highest BCUT2D eigenvalue weighted by molar-refractivity contribution is 7.98. The van der Waals surface area contributed by atoms with E-state index in [0.717, 1.165) is 37.3 Å². The molecule has 2 saturated carbocycles. The van der Waals surface area contributed by atoms with Crippen molar-refractivity contribution in [2.45, 2.75) is 49.6 Å². The summed E-state index contributed by atoms with van der Waals surface area (Å²) in [5, 5.41) is 0.375. The first-order valence-electron chi connectivity index (χ1n) is 9.49. The van der Waals surface area contributed by atoms with Gasteiger partial charge in [0.25, 0.3) is 5.91 Å². The molecule has 2 aromatic rings. The van der Waals surface area contributed by atoms with Gasteiger partial charge in [0.1, 0.15) is 24.0 Å². The number of amides is 1. The zero-order valence-corrected chi connectivity index (χ0v) is 16.5. The summed E-state index contributed by atoms with van der Waals surface area (Å²) in [5.74, 6) is -2.48. The fraction of sp³-hybridized carbons (Fsp3) is 0.381. The van der Waals surface area contributed by atoms with E-state index >= 15 is 0 Å². The Labute approximate surface area is 174 Å². The Morgan fingerprint density at radius 3 is 2.43 bits per heavy atom. The molecule has 160 valence electrons. The molecular weight excluding hydrogens is 425 g/mol. The Bertz CT molecular complexity index is 971. The van der Waals surface area contributed by atoms with Crippen molar-refractivity contribution >= 4 is 17.9 Å². The average Bonchev–Trinajstić information content (AvgIpc) is 3.57. The number of alkyl halides is 3. The van der Waals surface area contributed by atoms with Crippen molar-refractivity contribution < 1.29 is 31.5 Å². The van der Waals surface area contributed by atoms with Gasteiger partial charge >= 0.3 is 6.18 Å². The molecule has 30 heavy (non-hydrogen) atoms. The quantitative estimate of drug-likeness (QED) is 0.423. The molecule has 0 aromatic heterocycles. The van der Waals surface area contributed by atoms with Crippen molar-refractivity contribution in [3.8, 4) is 5.75 Å². The molecule has 0 radical (unpaired) electrons. The first-order valence-corrected chi connectivity index (χ1v) is 10.4. The molecule has 3 nitrogen and oxygen atoms in total.